The first-order chi connectivity index (χ1) is 5.41. The van der Waals surface area contributed by atoms with E-state index >= 15 is 0 Å². The third kappa shape index (κ3) is 22.9. The molecule has 0 rings (SSSR count). The molecule has 0 heterocycles. The number of unbranched alkanes of at least 4 members (excludes halogenated alkanes) is 7. The van der Waals surface area contributed by atoms with Gasteiger partial charge in [-0.1, -0.05) is 0 Å². The molecular weight excluding hydrogens is 216 g/mol. The summed E-state index contributed by atoms with van der Waals surface area (Å²) in [5.41, 5.74) is 0. The molecule has 0 saturated heterocycles. The summed E-state index contributed by atoms with van der Waals surface area (Å²) in [4.78, 5) is 0. The Morgan fingerprint density at radius 3 is 1.36 bits per heavy atom. The van der Waals surface area contributed by atoms with E-state index in [1.54, 1.807) is 0 Å². The topological polar surface area (TPSA) is 90.0 Å². The minimum atomic E-state index is 0. The van der Waals surface area contributed by atoms with Crippen molar-refractivity contribution in [3.63, 3.8) is 0 Å². The van der Waals surface area contributed by atoms with Crippen molar-refractivity contribution in [2.75, 3.05) is 0 Å². The summed E-state index contributed by atoms with van der Waals surface area (Å²) in [5.74, 6) is 0. The second-order valence-electron chi connectivity index (χ2n) is 3.22. The Hall–Kier alpha value is 0.594. The van der Waals surface area contributed by atoms with Gasteiger partial charge in [-0.3, -0.25) is 0 Å². The molecule has 0 spiro atoms. The van der Waals surface area contributed by atoms with Crippen molar-refractivity contribution in [3.8, 4) is 0 Å². The Morgan fingerprint density at radius 1 is 0.643 bits per heavy atom. The minimum Gasteiger partial charge on any atom is -0.870 e. The zero-order chi connectivity index (χ0) is 8.36. The van der Waals surface area contributed by atoms with E-state index < -0.39 is 0 Å². The molecule has 0 atom stereocenters. The monoisotopic (exact) mass is 240 g/mol. The van der Waals surface area contributed by atoms with Crippen molar-refractivity contribution in [3.05, 3.63) is 0 Å². The van der Waals surface area contributed by atoms with Gasteiger partial charge in [-0.15, -0.1) is 0 Å². The Kier molecular flexibility index (Phi) is 40.2. The maximum absolute atomic E-state index is 2.27. The van der Waals surface area contributed by atoms with Crippen LogP contribution < -0.4 is 0 Å². The molecule has 0 amide bonds. The van der Waals surface area contributed by atoms with Crippen LogP contribution in [-0.2, 0) is 20.4 Å². The summed E-state index contributed by atoms with van der Waals surface area (Å²) in [5, 5.41) is 0. The molecule has 86 valence electrons. The van der Waals surface area contributed by atoms with Crippen LogP contribution in [0.15, 0.2) is 0 Å². The summed E-state index contributed by atoms with van der Waals surface area (Å²) in [6.45, 7) is 2.27. The van der Waals surface area contributed by atoms with Gasteiger partial charge < -0.3 is 16.4 Å². The quantitative estimate of drug-likeness (QED) is 0.479. The molecule has 4 heteroatoms. The zero-order valence-electron chi connectivity index (χ0n) is 9.21. The second kappa shape index (κ2) is 23.4. The third-order valence-corrected chi connectivity index (χ3v) is 2.58. The summed E-state index contributed by atoms with van der Waals surface area (Å²) in [6, 6.07) is 0. The van der Waals surface area contributed by atoms with Gasteiger partial charge in [0.05, 0.1) is 0 Å². The molecule has 0 aromatic carbocycles. The van der Waals surface area contributed by atoms with Gasteiger partial charge in [0.15, 0.2) is 0 Å². The fraction of sp³-hybridized carbons (Fsp3) is 1.00. The van der Waals surface area contributed by atoms with E-state index in [2.05, 4.69) is 27.4 Å². The summed E-state index contributed by atoms with van der Waals surface area (Å²) < 4.78 is 1.37. The first kappa shape index (κ1) is 24.0. The van der Waals surface area contributed by atoms with Gasteiger partial charge in [0, 0.05) is 0 Å². The summed E-state index contributed by atoms with van der Waals surface area (Å²) in [7, 11) is 0. The van der Waals surface area contributed by atoms with E-state index in [1.165, 1.54) is 56.1 Å². The van der Waals surface area contributed by atoms with Gasteiger partial charge >= 0.3 is 83.5 Å². The van der Waals surface area contributed by atoms with Crippen LogP contribution in [0.4, 0.5) is 0 Å². The summed E-state index contributed by atoms with van der Waals surface area (Å²) >= 11 is 2.27. The Labute approximate surface area is 100.0 Å². The SMILES string of the molecule is CCCCCCCCC[CH2][Ti+3].[OH-].[OH-].[OH-]. The fourth-order valence-electron chi connectivity index (χ4n) is 1.26. The van der Waals surface area contributed by atoms with Crippen LogP contribution in [0.1, 0.15) is 58.3 Å². The normalized spacial score (nSPS) is 8.21. The minimum absolute atomic E-state index is 0. The Bertz CT molecular complexity index is 64.4. The second-order valence-corrected chi connectivity index (χ2v) is 4.01. The maximum atomic E-state index is 2.27. The Balaban J connectivity index is -0.000000167. The molecule has 0 bridgehead atoms. The van der Waals surface area contributed by atoms with Crippen LogP contribution in [0.5, 0.6) is 0 Å². The van der Waals surface area contributed by atoms with E-state index in [0.29, 0.717) is 0 Å². The first-order valence-corrected chi connectivity index (χ1v) is 6.16. The molecule has 0 saturated carbocycles. The van der Waals surface area contributed by atoms with Crippen molar-refractivity contribution in [2.24, 2.45) is 0 Å². The van der Waals surface area contributed by atoms with E-state index in [9.17, 15) is 0 Å². The number of hydrogen-bond acceptors (Lipinski definition) is 3. The average Bonchev–Trinajstić information content (AvgIpc) is 2.03. The van der Waals surface area contributed by atoms with Crippen molar-refractivity contribution < 1.29 is 36.9 Å². The van der Waals surface area contributed by atoms with Crippen LogP contribution in [0.2, 0.25) is 4.73 Å². The molecule has 3 nitrogen and oxygen atoms in total. The standard InChI is InChI=1S/C10H21.3H2O.Ti/c1-3-5-7-9-10-8-6-4-2;;;;/h1,3-10H2,2H3;3*1H2;/q;;;;+3/p-3. The predicted molar refractivity (Wildman–Crippen MR) is 53.2 cm³/mol. The largest absolute Gasteiger partial charge is 0.870 e. The van der Waals surface area contributed by atoms with Gasteiger partial charge in [-0.05, 0) is 0 Å². The van der Waals surface area contributed by atoms with Gasteiger partial charge in [-0.25, -0.2) is 0 Å². The van der Waals surface area contributed by atoms with E-state index in [1.807, 2.05) is 0 Å². The van der Waals surface area contributed by atoms with Crippen molar-refractivity contribution in [1.29, 1.82) is 0 Å². The summed E-state index contributed by atoms with van der Waals surface area (Å²) in [6.07, 6.45) is 11.6. The molecule has 0 fully saturated rings. The average molecular weight is 240 g/mol. The van der Waals surface area contributed by atoms with E-state index in [-0.39, 0.29) is 16.4 Å². The van der Waals surface area contributed by atoms with Crippen LogP contribution in [0, 0.1) is 0 Å². The van der Waals surface area contributed by atoms with E-state index in [0.717, 1.165) is 0 Å². The smallest absolute Gasteiger partial charge is 0.870 e. The molecule has 0 aliphatic carbocycles. The maximum Gasteiger partial charge on any atom is -0.870 e. The third-order valence-electron chi connectivity index (χ3n) is 2.03. The molecule has 3 N–H and O–H groups in total. The zero-order valence-corrected chi connectivity index (χ0v) is 10.8. The van der Waals surface area contributed by atoms with Crippen molar-refractivity contribution in [1.82, 2.24) is 0 Å². The van der Waals surface area contributed by atoms with Crippen molar-refractivity contribution in [2.45, 2.75) is 63.0 Å². The van der Waals surface area contributed by atoms with Crippen LogP contribution in [0.3, 0.4) is 0 Å². The molecule has 0 radical (unpaired) electrons. The van der Waals surface area contributed by atoms with E-state index in [4.69, 9.17) is 0 Å². The van der Waals surface area contributed by atoms with Gasteiger partial charge in [0.1, 0.15) is 0 Å². The molecule has 14 heavy (non-hydrogen) atoms. The number of rotatable bonds is 8. The molecule has 0 unspecified atom stereocenters. The van der Waals surface area contributed by atoms with Gasteiger partial charge in [-0.2, -0.15) is 0 Å². The molecular formula is C10H24O3Ti. The van der Waals surface area contributed by atoms with Crippen molar-refractivity contribution >= 4 is 0 Å². The predicted octanol–water partition coefficient (Wildman–Crippen LogP) is 3.56. The molecule has 0 aliphatic heterocycles. The van der Waals surface area contributed by atoms with Crippen LogP contribution >= 0.6 is 0 Å². The molecule has 0 aromatic heterocycles. The first-order valence-electron chi connectivity index (χ1n) is 5.06. The van der Waals surface area contributed by atoms with Gasteiger partial charge in [0.25, 0.3) is 0 Å². The van der Waals surface area contributed by atoms with Crippen LogP contribution in [0.25, 0.3) is 0 Å². The number of hydrogen-bond donors (Lipinski definition) is 0. The molecule has 0 aromatic rings. The fourth-order valence-corrected chi connectivity index (χ4v) is 1.65. The van der Waals surface area contributed by atoms with Crippen LogP contribution in [-0.4, -0.2) is 16.4 Å². The Morgan fingerprint density at radius 2 is 1.00 bits per heavy atom. The van der Waals surface area contributed by atoms with Gasteiger partial charge in [0.2, 0.25) is 0 Å². The molecule has 0 aliphatic rings.